The summed E-state index contributed by atoms with van der Waals surface area (Å²) in [5, 5.41) is 2.67. The van der Waals surface area contributed by atoms with E-state index in [9.17, 15) is 9.59 Å². The largest absolute Gasteiger partial charge is 0.494 e. The van der Waals surface area contributed by atoms with Gasteiger partial charge in [-0.15, -0.1) is 11.8 Å². The van der Waals surface area contributed by atoms with Crippen molar-refractivity contribution in [2.45, 2.75) is 18.2 Å². The number of hydrogen-bond donors (Lipinski definition) is 1. The van der Waals surface area contributed by atoms with Crippen LogP contribution in [0.25, 0.3) is 0 Å². The fourth-order valence-corrected chi connectivity index (χ4v) is 2.84. The fraction of sp³-hybridized carbons (Fsp3) is 0.263. The normalized spacial score (nSPS) is 10.1. The first kappa shape index (κ1) is 18.9. The highest BCUT2D eigenvalue weighted by Crippen LogP contribution is 2.18. The number of thioether (sulfide) groups is 1. The molecule has 2 aromatic rings. The Hall–Kier alpha value is -2.47. The van der Waals surface area contributed by atoms with Crippen molar-refractivity contribution in [2.24, 2.45) is 0 Å². The molecule has 2 rings (SSSR count). The molecule has 132 valence electrons. The van der Waals surface area contributed by atoms with E-state index in [-0.39, 0.29) is 24.9 Å². The van der Waals surface area contributed by atoms with Gasteiger partial charge in [-0.05, 0) is 43.3 Å². The fourth-order valence-electron chi connectivity index (χ4n) is 1.99. The number of carbonyl (C=O) groups excluding carboxylic acids is 2. The van der Waals surface area contributed by atoms with Crippen LogP contribution in [-0.2, 0) is 14.3 Å². The summed E-state index contributed by atoms with van der Waals surface area (Å²) in [6.07, 6.45) is 0.260. The number of hydrogen-bond acceptors (Lipinski definition) is 5. The SMILES string of the molecule is CCOc1ccc(NC(=O)COC(=O)CCSc2ccccc2)cc1. The summed E-state index contributed by atoms with van der Waals surface area (Å²) < 4.78 is 10.3. The van der Waals surface area contributed by atoms with Gasteiger partial charge in [-0.2, -0.15) is 0 Å². The van der Waals surface area contributed by atoms with E-state index in [1.54, 1.807) is 36.0 Å². The number of ether oxygens (including phenoxy) is 2. The van der Waals surface area contributed by atoms with Crippen molar-refractivity contribution >= 4 is 29.3 Å². The zero-order chi connectivity index (χ0) is 17.9. The second kappa shape index (κ2) is 10.4. The molecule has 5 nitrogen and oxygen atoms in total. The molecule has 0 saturated heterocycles. The van der Waals surface area contributed by atoms with E-state index in [4.69, 9.17) is 9.47 Å². The Labute approximate surface area is 151 Å². The van der Waals surface area contributed by atoms with Gasteiger partial charge in [0.2, 0.25) is 0 Å². The van der Waals surface area contributed by atoms with E-state index in [1.807, 2.05) is 37.3 Å². The average Bonchev–Trinajstić information content (AvgIpc) is 2.63. The first-order valence-corrected chi connectivity index (χ1v) is 9.02. The van der Waals surface area contributed by atoms with Crippen molar-refractivity contribution in [2.75, 3.05) is 24.3 Å². The van der Waals surface area contributed by atoms with Crippen LogP contribution in [0.15, 0.2) is 59.5 Å². The predicted molar refractivity (Wildman–Crippen MR) is 99.0 cm³/mol. The van der Waals surface area contributed by atoms with Crippen LogP contribution in [0, 0.1) is 0 Å². The van der Waals surface area contributed by atoms with Gasteiger partial charge in [-0.3, -0.25) is 9.59 Å². The molecule has 0 saturated carbocycles. The molecule has 0 atom stereocenters. The molecule has 0 aliphatic heterocycles. The third-order valence-electron chi connectivity index (χ3n) is 3.13. The smallest absolute Gasteiger partial charge is 0.307 e. The summed E-state index contributed by atoms with van der Waals surface area (Å²) in [4.78, 5) is 24.6. The summed E-state index contributed by atoms with van der Waals surface area (Å²) in [5.41, 5.74) is 0.629. The van der Waals surface area contributed by atoms with Crippen LogP contribution in [0.1, 0.15) is 13.3 Å². The first-order valence-electron chi connectivity index (χ1n) is 8.03. The minimum absolute atomic E-state index is 0.260. The number of amides is 1. The highest BCUT2D eigenvalue weighted by atomic mass is 32.2. The second-order valence-electron chi connectivity index (χ2n) is 5.08. The average molecular weight is 359 g/mol. The van der Waals surface area contributed by atoms with Gasteiger partial charge in [0.15, 0.2) is 6.61 Å². The topological polar surface area (TPSA) is 64.6 Å². The molecule has 0 unspecified atom stereocenters. The van der Waals surface area contributed by atoms with E-state index in [0.717, 1.165) is 10.6 Å². The summed E-state index contributed by atoms with van der Waals surface area (Å²) in [7, 11) is 0. The number of nitrogens with one attached hydrogen (secondary N) is 1. The molecule has 6 heteroatoms. The number of anilines is 1. The number of rotatable bonds is 9. The van der Waals surface area contributed by atoms with Gasteiger partial charge in [-0.1, -0.05) is 18.2 Å². The number of carbonyl (C=O) groups is 2. The molecule has 0 bridgehead atoms. The molecule has 1 N–H and O–H groups in total. The van der Waals surface area contributed by atoms with Crippen LogP contribution >= 0.6 is 11.8 Å². The highest BCUT2D eigenvalue weighted by molar-refractivity contribution is 7.99. The third-order valence-corrected chi connectivity index (χ3v) is 4.15. The molecule has 2 aromatic carbocycles. The van der Waals surface area contributed by atoms with Crippen molar-refractivity contribution in [1.82, 2.24) is 0 Å². The Balaban J connectivity index is 1.64. The summed E-state index contributed by atoms with van der Waals surface area (Å²) in [6.45, 7) is 2.20. The molecular formula is C19H21NO4S. The Morgan fingerprint density at radius 2 is 1.76 bits per heavy atom. The lowest BCUT2D eigenvalue weighted by Crippen LogP contribution is -2.21. The standard InChI is InChI=1S/C19H21NO4S/c1-2-23-16-10-8-15(9-11-16)20-18(21)14-24-19(22)12-13-25-17-6-4-3-5-7-17/h3-11H,2,12-14H2,1H3,(H,20,21). The lowest BCUT2D eigenvalue weighted by molar-refractivity contribution is -0.146. The molecule has 0 aliphatic carbocycles. The van der Waals surface area contributed by atoms with Gasteiger partial charge in [0.05, 0.1) is 13.0 Å². The molecular weight excluding hydrogens is 338 g/mol. The van der Waals surface area contributed by atoms with Crippen LogP contribution in [-0.4, -0.2) is 30.8 Å². The van der Waals surface area contributed by atoms with E-state index in [1.165, 1.54) is 0 Å². The molecule has 0 fully saturated rings. The second-order valence-corrected chi connectivity index (χ2v) is 6.25. The van der Waals surface area contributed by atoms with Gasteiger partial charge < -0.3 is 14.8 Å². The minimum atomic E-state index is -0.384. The van der Waals surface area contributed by atoms with Crippen LogP contribution in [0.2, 0.25) is 0 Å². The zero-order valence-electron chi connectivity index (χ0n) is 14.1. The quantitative estimate of drug-likeness (QED) is 0.546. The Kier molecular flexibility index (Phi) is 7.85. The first-order chi connectivity index (χ1) is 12.2. The van der Waals surface area contributed by atoms with Crippen molar-refractivity contribution < 1.29 is 19.1 Å². The maximum Gasteiger partial charge on any atom is 0.307 e. The van der Waals surface area contributed by atoms with Gasteiger partial charge in [0.1, 0.15) is 5.75 Å². The number of benzene rings is 2. The lowest BCUT2D eigenvalue weighted by Gasteiger charge is -2.08. The van der Waals surface area contributed by atoms with Crippen LogP contribution in [0.3, 0.4) is 0 Å². The van der Waals surface area contributed by atoms with E-state index >= 15 is 0 Å². The maximum atomic E-state index is 11.8. The van der Waals surface area contributed by atoms with Gasteiger partial charge in [0, 0.05) is 16.3 Å². The van der Waals surface area contributed by atoms with E-state index in [0.29, 0.717) is 18.0 Å². The minimum Gasteiger partial charge on any atom is -0.494 e. The molecule has 0 radical (unpaired) electrons. The Bertz CT molecular complexity index is 674. The van der Waals surface area contributed by atoms with E-state index < -0.39 is 0 Å². The van der Waals surface area contributed by atoms with Crippen molar-refractivity contribution in [3.05, 3.63) is 54.6 Å². The Morgan fingerprint density at radius 3 is 2.44 bits per heavy atom. The van der Waals surface area contributed by atoms with Crippen LogP contribution in [0.5, 0.6) is 5.75 Å². The van der Waals surface area contributed by atoms with Gasteiger partial charge in [0.25, 0.3) is 5.91 Å². The molecule has 0 aromatic heterocycles. The zero-order valence-corrected chi connectivity index (χ0v) is 14.9. The molecule has 25 heavy (non-hydrogen) atoms. The molecule has 1 amide bonds. The van der Waals surface area contributed by atoms with E-state index in [2.05, 4.69) is 5.32 Å². The summed E-state index contributed by atoms with van der Waals surface area (Å²) in [6, 6.07) is 16.8. The number of esters is 1. The lowest BCUT2D eigenvalue weighted by atomic mass is 10.3. The van der Waals surface area contributed by atoms with Crippen molar-refractivity contribution in [3.8, 4) is 5.75 Å². The van der Waals surface area contributed by atoms with Crippen LogP contribution < -0.4 is 10.1 Å². The Morgan fingerprint density at radius 1 is 1.04 bits per heavy atom. The van der Waals surface area contributed by atoms with Crippen molar-refractivity contribution in [3.63, 3.8) is 0 Å². The van der Waals surface area contributed by atoms with Gasteiger partial charge in [-0.25, -0.2) is 0 Å². The van der Waals surface area contributed by atoms with Crippen LogP contribution in [0.4, 0.5) is 5.69 Å². The molecule has 0 spiro atoms. The monoisotopic (exact) mass is 359 g/mol. The molecule has 0 aliphatic rings. The summed E-state index contributed by atoms with van der Waals surface area (Å²) in [5.74, 6) is 0.602. The molecule has 0 heterocycles. The summed E-state index contributed by atoms with van der Waals surface area (Å²) >= 11 is 1.58. The maximum absolute atomic E-state index is 11.8. The van der Waals surface area contributed by atoms with Gasteiger partial charge >= 0.3 is 5.97 Å². The predicted octanol–water partition coefficient (Wildman–Crippen LogP) is 3.75. The highest BCUT2D eigenvalue weighted by Gasteiger charge is 2.08. The van der Waals surface area contributed by atoms with Crippen molar-refractivity contribution in [1.29, 1.82) is 0 Å². The third kappa shape index (κ3) is 7.30.